The SMILES string of the molecule is CC[C@H](C)NC(=O)[C@H](Cc1ccccc1)N(Cc1cccc(Cl)c1)C(=O)CN(c1cc(C)ccc1C)S(=O)(=O)c1ccccc1. The van der Waals surface area contributed by atoms with Crippen LogP contribution in [0.15, 0.2) is 108 Å². The first-order valence-electron chi connectivity index (χ1n) is 15.0. The number of anilines is 1. The molecule has 0 fully saturated rings. The van der Waals surface area contributed by atoms with Crippen molar-refractivity contribution in [3.8, 4) is 0 Å². The summed E-state index contributed by atoms with van der Waals surface area (Å²) in [5.74, 6) is -0.830. The topological polar surface area (TPSA) is 86.8 Å². The van der Waals surface area contributed by atoms with E-state index in [0.29, 0.717) is 22.7 Å². The molecule has 1 N–H and O–H groups in total. The molecule has 2 atom stereocenters. The highest BCUT2D eigenvalue weighted by atomic mass is 35.5. The highest BCUT2D eigenvalue weighted by Gasteiger charge is 2.35. The molecule has 0 spiro atoms. The highest BCUT2D eigenvalue weighted by molar-refractivity contribution is 7.92. The lowest BCUT2D eigenvalue weighted by Gasteiger charge is -2.34. The van der Waals surface area contributed by atoms with Gasteiger partial charge in [-0.2, -0.15) is 0 Å². The Hall–Kier alpha value is -4.14. The summed E-state index contributed by atoms with van der Waals surface area (Å²) in [6.07, 6.45) is 0.950. The van der Waals surface area contributed by atoms with Gasteiger partial charge in [-0.3, -0.25) is 13.9 Å². The van der Waals surface area contributed by atoms with Crippen LogP contribution >= 0.6 is 11.6 Å². The van der Waals surface area contributed by atoms with E-state index < -0.39 is 28.5 Å². The Kier molecular flexibility index (Phi) is 11.4. The second-order valence-electron chi connectivity index (χ2n) is 11.3. The molecule has 4 aromatic rings. The number of hydrogen-bond acceptors (Lipinski definition) is 4. The van der Waals surface area contributed by atoms with E-state index in [4.69, 9.17) is 11.6 Å². The molecule has 0 unspecified atom stereocenters. The Morgan fingerprint density at radius 2 is 1.49 bits per heavy atom. The Morgan fingerprint density at radius 3 is 2.13 bits per heavy atom. The molecule has 0 aliphatic heterocycles. The van der Waals surface area contributed by atoms with Crippen LogP contribution in [-0.4, -0.2) is 43.8 Å². The first-order chi connectivity index (χ1) is 21.5. The fourth-order valence-electron chi connectivity index (χ4n) is 5.05. The van der Waals surface area contributed by atoms with Gasteiger partial charge >= 0.3 is 0 Å². The fraction of sp³-hybridized carbons (Fsp3) is 0.278. The Bertz CT molecular complexity index is 1720. The molecule has 0 saturated heterocycles. The van der Waals surface area contributed by atoms with Crippen molar-refractivity contribution in [2.24, 2.45) is 0 Å². The zero-order valence-corrected chi connectivity index (χ0v) is 27.7. The second-order valence-corrected chi connectivity index (χ2v) is 13.6. The van der Waals surface area contributed by atoms with Gasteiger partial charge in [0.2, 0.25) is 11.8 Å². The average Bonchev–Trinajstić information content (AvgIpc) is 3.03. The lowest BCUT2D eigenvalue weighted by molar-refractivity contribution is -0.140. The van der Waals surface area contributed by atoms with Crippen LogP contribution < -0.4 is 9.62 Å². The number of hydrogen-bond donors (Lipinski definition) is 1. The molecule has 0 aliphatic carbocycles. The molecule has 2 amide bonds. The molecular weight excluding hydrogens is 606 g/mol. The Morgan fingerprint density at radius 1 is 0.844 bits per heavy atom. The van der Waals surface area contributed by atoms with Crippen molar-refractivity contribution in [2.75, 3.05) is 10.8 Å². The van der Waals surface area contributed by atoms with E-state index in [0.717, 1.165) is 21.0 Å². The molecule has 9 heteroatoms. The predicted octanol–water partition coefficient (Wildman–Crippen LogP) is 6.71. The number of amides is 2. The van der Waals surface area contributed by atoms with Crippen LogP contribution in [-0.2, 0) is 32.6 Å². The van der Waals surface area contributed by atoms with Gasteiger partial charge in [-0.05, 0) is 79.8 Å². The van der Waals surface area contributed by atoms with Crippen molar-refractivity contribution in [3.05, 3.63) is 130 Å². The van der Waals surface area contributed by atoms with Crippen molar-refractivity contribution < 1.29 is 18.0 Å². The number of sulfonamides is 1. The minimum absolute atomic E-state index is 0.0524. The molecule has 45 heavy (non-hydrogen) atoms. The number of carbonyl (C=O) groups excluding carboxylic acids is 2. The van der Waals surface area contributed by atoms with E-state index in [2.05, 4.69) is 5.32 Å². The van der Waals surface area contributed by atoms with Gasteiger partial charge in [0, 0.05) is 24.0 Å². The molecule has 236 valence electrons. The fourth-order valence-corrected chi connectivity index (χ4v) is 6.75. The summed E-state index contributed by atoms with van der Waals surface area (Å²) >= 11 is 6.32. The normalized spacial score (nSPS) is 12.6. The molecule has 0 aromatic heterocycles. The second kappa shape index (κ2) is 15.2. The maximum atomic E-state index is 14.6. The Labute approximate surface area is 271 Å². The molecule has 7 nitrogen and oxygen atoms in total. The van der Waals surface area contributed by atoms with Gasteiger partial charge < -0.3 is 10.2 Å². The molecule has 4 rings (SSSR count). The predicted molar refractivity (Wildman–Crippen MR) is 181 cm³/mol. The summed E-state index contributed by atoms with van der Waals surface area (Å²) in [4.78, 5) is 30.1. The van der Waals surface area contributed by atoms with Crippen LogP contribution in [0.3, 0.4) is 0 Å². The van der Waals surface area contributed by atoms with Crippen LogP contribution in [0.2, 0.25) is 5.02 Å². The third kappa shape index (κ3) is 8.74. The van der Waals surface area contributed by atoms with Gasteiger partial charge in [0.25, 0.3) is 10.0 Å². The van der Waals surface area contributed by atoms with Crippen LogP contribution in [0.5, 0.6) is 0 Å². The lowest BCUT2D eigenvalue weighted by Crippen LogP contribution is -2.54. The first kappa shape index (κ1) is 33.7. The van der Waals surface area contributed by atoms with Gasteiger partial charge in [0.1, 0.15) is 12.6 Å². The van der Waals surface area contributed by atoms with E-state index in [1.165, 1.54) is 17.0 Å². The van der Waals surface area contributed by atoms with Crippen LogP contribution in [0.1, 0.15) is 42.5 Å². The number of nitrogens with zero attached hydrogens (tertiary/aromatic N) is 2. The molecule has 4 aromatic carbocycles. The minimum atomic E-state index is -4.17. The van der Waals surface area contributed by atoms with Crippen molar-refractivity contribution in [2.45, 2.75) is 64.1 Å². The summed E-state index contributed by atoms with van der Waals surface area (Å²) < 4.78 is 29.5. The van der Waals surface area contributed by atoms with Crippen molar-refractivity contribution in [3.63, 3.8) is 0 Å². The van der Waals surface area contributed by atoms with E-state index in [9.17, 15) is 18.0 Å². The lowest BCUT2D eigenvalue weighted by atomic mass is 10.0. The van der Waals surface area contributed by atoms with Gasteiger partial charge in [-0.25, -0.2) is 8.42 Å². The number of carbonyl (C=O) groups is 2. The van der Waals surface area contributed by atoms with E-state index in [1.807, 2.05) is 76.2 Å². The van der Waals surface area contributed by atoms with E-state index >= 15 is 0 Å². The van der Waals surface area contributed by atoms with E-state index in [-0.39, 0.29) is 29.8 Å². The molecule has 0 radical (unpaired) electrons. The monoisotopic (exact) mass is 645 g/mol. The van der Waals surface area contributed by atoms with Crippen molar-refractivity contribution in [1.29, 1.82) is 0 Å². The number of benzene rings is 4. The molecule has 0 saturated carbocycles. The summed E-state index contributed by atoms with van der Waals surface area (Å²) in [5, 5.41) is 3.54. The maximum Gasteiger partial charge on any atom is 0.264 e. The quantitative estimate of drug-likeness (QED) is 0.175. The van der Waals surface area contributed by atoms with Gasteiger partial charge in [-0.15, -0.1) is 0 Å². The number of aryl methyl sites for hydroxylation is 2. The number of nitrogens with one attached hydrogen (secondary N) is 1. The number of rotatable bonds is 13. The number of halogens is 1. The summed E-state index contributed by atoms with van der Waals surface area (Å²) in [6.45, 7) is 7.12. The third-order valence-electron chi connectivity index (χ3n) is 7.76. The van der Waals surface area contributed by atoms with Crippen molar-refractivity contribution >= 4 is 39.1 Å². The van der Waals surface area contributed by atoms with Gasteiger partial charge in [-0.1, -0.05) is 91.3 Å². The van der Waals surface area contributed by atoms with E-state index in [1.54, 1.807) is 42.5 Å². The largest absolute Gasteiger partial charge is 0.352 e. The molecular formula is C36H40ClN3O4S. The Balaban J connectivity index is 1.83. The summed E-state index contributed by atoms with van der Waals surface area (Å²) in [6, 6.07) is 29.1. The smallest absolute Gasteiger partial charge is 0.264 e. The average molecular weight is 646 g/mol. The molecule has 0 bridgehead atoms. The van der Waals surface area contributed by atoms with Crippen LogP contribution in [0.25, 0.3) is 0 Å². The third-order valence-corrected chi connectivity index (χ3v) is 9.77. The van der Waals surface area contributed by atoms with Gasteiger partial charge in [0.05, 0.1) is 10.6 Å². The molecule has 0 heterocycles. The summed E-state index contributed by atoms with van der Waals surface area (Å²) in [7, 11) is -4.17. The van der Waals surface area contributed by atoms with Crippen LogP contribution in [0, 0.1) is 13.8 Å². The molecule has 0 aliphatic rings. The highest BCUT2D eigenvalue weighted by Crippen LogP contribution is 2.29. The zero-order chi connectivity index (χ0) is 32.6. The van der Waals surface area contributed by atoms with Gasteiger partial charge in [0.15, 0.2) is 0 Å². The maximum absolute atomic E-state index is 14.6. The standard InChI is InChI=1S/C36H40ClN3O4S/c1-5-28(4)38-36(42)34(23-29-13-8-6-9-14-29)39(24-30-15-12-16-31(37)22-30)35(41)25-40(33-21-26(2)19-20-27(33)3)45(43,44)32-17-10-7-11-18-32/h6-22,28,34H,5,23-25H2,1-4H3,(H,38,42)/t28-,34-/m0/s1. The minimum Gasteiger partial charge on any atom is -0.352 e. The van der Waals surface area contributed by atoms with Crippen molar-refractivity contribution in [1.82, 2.24) is 10.2 Å². The summed E-state index contributed by atoms with van der Waals surface area (Å²) in [5.41, 5.74) is 3.54. The van der Waals surface area contributed by atoms with Crippen LogP contribution in [0.4, 0.5) is 5.69 Å². The first-order valence-corrected chi connectivity index (χ1v) is 16.8. The zero-order valence-electron chi connectivity index (χ0n) is 26.1.